The molecule has 36 heteroatoms. The molecule has 4 aromatic rings. The van der Waals surface area contributed by atoms with E-state index in [-0.39, 0.29) is 95.8 Å². The van der Waals surface area contributed by atoms with Crippen LogP contribution in [0.15, 0.2) is 109 Å². The summed E-state index contributed by atoms with van der Waals surface area (Å²) < 4.78 is 0. The third-order valence-corrected chi connectivity index (χ3v) is 20.4. The van der Waals surface area contributed by atoms with Crippen molar-refractivity contribution in [3.63, 3.8) is 0 Å². The van der Waals surface area contributed by atoms with Gasteiger partial charge in [-0.2, -0.15) is 0 Å². The Balaban J connectivity index is 0.926. The van der Waals surface area contributed by atoms with Crippen molar-refractivity contribution in [3.05, 3.63) is 126 Å². The molecule has 4 aliphatic heterocycles. The number of carbonyl (C=O) groups excluding carboxylic acids is 13. The highest BCUT2D eigenvalue weighted by Crippen LogP contribution is 2.26. The molecule has 114 heavy (non-hydrogen) atoms. The number of aliphatic hydroxyl groups is 2. The fourth-order valence-electron chi connectivity index (χ4n) is 14.2. The van der Waals surface area contributed by atoms with E-state index in [4.69, 9.17) is 16.9 Å². The summed E-state index contributed by atoms with van der Waals surface area (Å²) in [5.74, 6) is -13.8. The average molecular weight is 1580 g/mol. The van der Waals surface area contributed by atoms with E-state index >= 15 is 4.79 Å². The number of likely N-dealkylation sites (tertiary alicyclic amines) is 3. The summed E-state index contributed by atoms with van der Waals surface area (Å²) in [6.45, 7) is 5.09. The molecule has 0 unspecified atom stereocenters. The number of benzene rings is 4. The van der Waals surface area contributed by atoms with Crippen LogP contribution in [0.5, 0.6) is 5.75 Å². The molecule has 13 amide bonds. The second-order valence-electron chi connectivity index (χ2n) is 29.2. The Labute approximate surface area is 659 Å². The van der Waals surface area contributed by atoms with Crippen molar-refractivity contribution in [1.29, 1.82) is 5.41 Å². The quantitative estimate of drug-likeness (QED) is 0.0116. The van der Waals surface area contributed by atoms with Crippen molar-refractivity contribution in [2.45, 2.75) is 170 Å². The summed E-state index contributed by atoms with van der Waals surface area (Å²) in [5, 5.41) is 77.7. The highest BCUT2D eigenvalue weighted by molar-refractivity contribution is 6.01. The van der Waals surface area contributed by atoms with E-state index in [1.807, 2.05) is 35.2 Å². The van der Waals surface area contributed by atoms with E-state index in [0.29, 0.717) is 62.1 Å². The number of phenolic OH excluding ortho intramolecular Hbond substituents is 1. The maximum absolute atomic E-state index is 15.0. The minimum absolute atomic E-state index is 0.0108. The Morgan fingerprint density at radius 2 is 0.921 bits per heavy atom. The van der Waals surface area contributed by atoms with Crippen LogP contribution in [0.4, 0.5) is 0 Å². The van der Waals surface area contributed by atoms with Crippen LogP contribution in [-0.4, -0.2) is 273 Å². The van der Waals surface area contributed by atoms with E-state index in [2.05, 4.69) is 58.5 Å². The monoisotopic (exact) mass is 1580 g/mol. The Kier molecular flexibility index (Phi) is 33.1. The van der Waals surface area contributed by atoms with Gasteiger partial charge in [-0.25, -0.2) is 0 Å². The lowest BCUT2D eigenvalue weighted by Crippen LogP contribution is -2.62. The number of guanidine groups is 1. The number of hydrogen-bond donors (Lipinski definition) is 18. The second kappa shape index (κ2) is 42.9. The van der Waals surface area contributed by atoms with Gasteiger partial charge in [0.1, 0.15) is 78.3 Å². The number of piperazine rings is 1. The third-order valence-electron chi connectivity index (χ3n) is 20.4. The first-order chi connectivity index (χ1) is 54.5. The molecule has 0 spiro atoms. The molecule has 4 aliphatic rings. The van der Waals surface area contributed by atoms with Crippen molar-refractivity contribution in [1.82, 2.24) is 78.1 Å². The second-order valence-corrected chi connectivity index (χ2v) is 29.2. The number of carboxylic acids is 1. The number of phenols is 1. The van der Waals surface area contributed by atoms with Crippen LogP contribution in [0.2, 0.25) is 0 Å². The van der Waals surface area contributed by atoms with Crippen molar-refractivity contribution in [2.75, 3.05) is 72.1 Å². The molecule has 0 aromatic heterocycles. The molecule has 12 atom stereocenters. The number of aromatic hydroxyl groups is 1. The largest absolute Gasteiger partial charge is 0.508 e. The lowest BCUT2D eigenvalue weighted by Gasteiger charge is -2.32. The number of aliphatic carboxylic acids is 1. The van der Waals surface area contributed by atoms with Crippen LogP contribution in [0.25, 0.3) is 11.1 Å². The number of nitrogens with one attached hydrogen (secondary N) is 12. The molecule has 0 bridgehead atoms. The zero-order chi connectivity index (χ0) is 82.7. The van der Waals surface area contributed by atoms with Gasteiger partial charge in [0.05, 0.1) is 26.2 Å². The number of nitrogens with zero attached hydrogens (tertiary/aromatic N) is 4. The van der Waals surface area contributed by atoms with Gasteiger partial charge in [0.2, 0.25) is 76.8 Å². The van der Waals surface area contributed by atoms with Crippen molar-refractivity contribution in [3.8, 4) is 16.9 Å². The van der Waals surface area contributed by atoms with Crippen LogP contribution in [0, 0.1) is 11.3 Å². The fraction of sp³-hybridized carbons (Fsp3) is 0.500. The van der Waals surface area contributed by atoms with Gasteiger partial charge in [0.15, 0.2) is 5.96 Å². The predicted molar refractivity (Wildman–Crippen MR) is 414 cm³/mol. The molecule has 4 fully saturated rings. The molecule has 0 aliphatic carbocycles. The maximum Gasteiger partial charge on any atom is 0.305 e. The van der Waals surface area contributed by atoms with Gasteiger partial charge in [-0.15, -0.1) is 0 Å². The first kappa shape index (κ1) is 87.9. The maximum atomic E-state index is 15.0. The summed E-state index contributed by atoms with van der Waals surface area (Å²) in [5.41, 5.74) is 14.5. The number of hydrogen-bond acceptors (Lipinski definition) is 20. The first-order valence-corrected chi connectivity index (χ1v) is 38.4. The summed E-state index contributed by atoms with van der Waals surface area (Å²) in [4.78, 5) is 202. The molecule has 4 saturated heterocycles. The summed E-state index contributed by atoms with van der Waals surface area (Å²) >= 11 is 0. The van der Waals surface area contributed by atoms with Gasteiger partial charge >= 0.3 is 5.97 Å². The smallest absolute Gasteiger partial charge is 0.305 e. The van der Waals surface area contributed by atoms with E-state index in [1.54, 1.807) is 80.6 Å². The number of primary amides is 1. The Morgan fingerprint density at radius 1 is 0.482 bits per heavy atom. The Bertz CT molecular complexity index is 4040. The van der Waals surface area contributed by atoms with Crippen LogP contribution in [0.1, 0.15) is 95.2 Å². The molecule has 4 heterocycles. The SMILES string of the molecule is CC(C)[C@H](NC(=O)[C@H](CO)NC(=O)[C@H](CC(=O)O)NC(=O)[C@@H]1CCCN1C(=O)[C@H](Cc1ccc(-c2ccccc2)cc1)NC(=O)[C@H](C)NC(=O)[C@H](CO)NC(=O)[C@H](Cc1ccc(O)cc1)NC(=O)CN1CCNCC1)C(=O)N1CCC[C@H]1C(=O)N[C@@H](Cc1ccccc1)C(=O)N[C@@H](CCCNC(=N)N)C(=O)N1CCC[C@H]1C(N)=O. The molecular formula is C78H106N18O18. The van der Waals surface area contributed by atoms with Gasteiger partial charge in [-0.3, -0.25) is 77.4 Å². The number of nitrogens with two attached hydrogens (primary N) is 2. The van der Waals surface area contributed by atoms with Gasteiger partial charge in [-0.1, -0.05) is 111 Å². The zero-order valence-corrected chi connectivity index (χ0v) is 64.1. The summed E-state index contributed by atoms with van der Waals surface area (Å²) in [7, 11) is 0. The van der Waals surface area contributed by atoms with Gasteiger partial charge < -0.3 is 105 Å². The van der Waals surface area contributed by atoms with E-state index in [0.717, 1.165) is 16.0 Å². The average Bonchev–Trinajstić information content (AvgIpc) is 1.63. The normalized spacial score (nSPS) is 18.5. The molecule has 0 radical (unpaired) electrons. The Hall–Kier alpha value is -11.6. The molecule has 0 saturated carbocycles. The first-order valence-electron chi connectivity index (χ1n) is 38.4. The molecular weight excluding hydrogens is 1480 g/mol. The molecule has 8 rings (SSSR count). The summed E-state index contributed by atoms with van der Waals surface area (Å²) in [6, 6.07) is 13.7. The van der Waals surface area contributed by atoms with Gasteiger partial charge in [0.25, 0.3) is 0 Å². The number of rotatable bonds is 39. The van der Waals surface area contributed by atoms with Crippen LogP contribution in [0.3, 0.4) is 0 Å². The lowest BCUT2D eigenvalue weighted by atomic mass is 9.99. The molecule has 616 valence electrons. The van der Waals surface area contributed by atoms with Crippen molar-refractivity contribution < 1.29 is 87.5 Å². The zero-order valence-electron chi connectivity index (χ0n) is 64.1. The Morgan fingerprint density at radius 3 is 1.46 bits per heavy atom. The number of aliphatic hydroxyl groups excluding tert-OH is 2. The fourth-order valence-corrected chi connectivity index (χ4v) is 14.2. The number of carbonyl (C=O) groups is 14. The van der Waals surface area contributed by atoms with E-state index < -0.39 is 181 Å². The van der Waals surface area contributed by atoms with Crippen molar-refractivity contribution in [2.24, 2.45) is 17.4 Å². The predicted octanol–water partition coefficient (Wildman–Crippen LogP) is -3.79. The third kappa shape index (κ3) is 25.4. The van der Waals surface area contributed by atoms with Crippen LogP contribution < -0.4 is 70.0 Å². The number of carboxylic acid groups (broad SMARTS) is 1. The van der Waals surface area contributed by atoms with Crippen LogP contribution >= 0.6 is 0 Å². The standard InChI is InChI=1S/C78H106N18O18/c1-45(2)65(77(114)96-35-13-21-62(96)74(111)87-55(38-47-14-6-4-7-15-47)69(106)86-53(18-10-30-83-78(80)81)75(112)94-33-11-19-60(94)66(79)103)92-72(109)59(44-98)91-70(107)56(41-64(101)102)88-73(110)61-20-12-34-95(61)76(113)57(40-48-22-26-51(27-23-48)50-16-8-5-9-17-50)89-67(104)46(3)84-71(108)58(43-97)90-68(105)54(39-49-24-28-52(99)29-25-49)85-63(100)42-93-36-31-82-32-37-93/h4-9,14-17,22-29,45-46,53-62,65,82,97-99H,10-13,18-21,30-44H2,1-3H3,(H2,79,103)(H,84,108)(H,85,100)(H,86,106)(H,87,111)(H,88,110)(H,89,104)(H,90,105)(H,91,107)(H,92,109)(H,101,102)(H4,80,81,83)/t46-,53-,54-,55-,56-,57-,58-,59-,60-,61-,62-,65-/m0/s1. The topological polar surface area (TPSA) is 541 Å². The highest BCUT2D eigenvalue weighted by atomic mass is 16.4. The summed E-state index contributed by atoms with van der Waals surface area (Å²) in [6.07, 6.45) is 0.232. The van der Waals surface area contributed by atoms with E-state index in [1.165, 1.54) is 28.9 Å². The molecule has 20 N–H and O–H groups in total. The highest BCUT2D eigenvalue weighted by Gasteiger charge is 2.44. The minimum atomic E-state index is -1.96. The lowest BCUT2D eigenvalue weighted by molar-refractivity contribution is -0.145. The van der Waals surface area contributed by atoms with Crippen LogP contribution in [-0.2, 0) is 86.4 Å². The minimum Gasteiger partial charge on any atom is -0.508 e. The van der Waals surface area contributed by atoms with Gasteiger partial charge in [-0.05, 0) is 104 Å². The van der Waals surface area contributed by atoms with Crippen molar-refractivity contribution >= 4 is 88.7 Å². The van der Waals surface area contributed by atoms with E-state index in [9.17, 15) is 82.8 Å². The number of amides is 13. The molecule has 4 aromatic carbocycles. The molecule has 36 nitrogen and oxygen atoms in total. The van der Waals surface area contributed by atoms with Gasteiger partial charge in [0, 0.05) is 71.6 Å².